The predicted octanol–water partition coefficient (Wildman–Crippen LogP) is 1.49. The molecule has 0 saturated carbocycles. The molecule has 0 unspecified atom stereocenters. The fraction of sp³-hybridized carbons (Fsp3) is 0.350. The Morgan fingerprint density at radius 1 is 0.963 bits per heavy atom. The largest absolute Gasteiger partial charge is 0.477 e. The van der Waals surface area contributed by atoms with Crippen LogP contribution in [0.15, 0.2) is 42.5 Å². The number of fused-ring (bicyclic) bond motifs is 1. The molecule has 0 atom stereocenters. The highest BCUT2D eigenvalue weighted by molar-refractivity contribution is 5.96. The van der Waals surface area contributed by atoms with Crippen LogP contribution < -0.4 is 9.80 Å². The minimum Gasteiger partial charge on any atom is -0.477 e. The number of hydrogen-bond donors (Lipinski definition) is 1. The number of aromatic carboxylic acids is 1. The lowest BCUT2D eigenvalue weighted by atomic mass is 10.2. The van der Waals surface area contributed by atoms with Crippen molar-refractivity contribution in [2.45, 2.75) is 6.42 Å². The highest BCUT2D eigenvalue weighted by Crippen LogP contribution is 2.27. The minimum atomic E-state index is -1.02. The lowest BCUT2D eigenvalue weighted by Crippen LogP contribution is -2.50. The van der Waals surface area contributed by atoms with Gasteiger partial charge in [0.05, 0.1) is 6.54 Å². The Hall–Kier alpha value is -2.93. The Kier molecular flexibility index (Phi) is 4.77. The number of nitrogens with zero attached hydrogens (tertiary/aromatic N) is 4. The van der Waals surface area contributed by atoms with E-state index < -0.39 is 5.97 Å². The Bertz CT molecular complexity index is 862. The van der Waals surface area contributed by atoms with E-state index >= 15 is 0 Å². The maximum atomic E-state index is 12.7. The maximum Gasteiger partial charge on any atom is 0.354 e. The first kappa shape index (κ1) is 17.5. The van der Waals surface area contributed by atoms with Crippen molar-refractivity contribution in [3.8, 4) is 0 Å². The van der Waals surface area contributed by atoms with Crippen molar-refractivity contribution in [1.82, 2.24) is 9.88 Å². The summed E-state index contributed by atoms with van der Waals surface area (Å²) in [6, 6.07) is 13.1. The van der Waals surface area contributed by atoms with E-state index in [2.05, 4.69) is 20.9 Å². The molecular formula is C20H22N4O3. The Morgan fingerprint density at radius 3 is 2.52 bits per heavy atom. The van der Waals surface area contributed by atoms with Gasteiger partial charge in [0.2, 0.25) is 5.91 Å². The van der Waals surface area contributed by atoms with Gasteiger partial charge < -0.3 is 14.9 Å². The zero-order valence-corrected chi connectivity index (χ0v) is 15.0. The number of aromatic nitrogens is 1. The lowest BCUT2D eigenvalue weighted by Gasteiger charge is -2.35. The molecule has 7 nitrogen and oxygen atoms in total. The van der Waals surface area contributed by atoms with Gasteiger partial charge >= 0.3 is 5.97 Å². The van der Waals surface area contributed by atoms with Gasteiger partial charge in [-0.05, 0) is 30.2 Å². The van der Waals surface area contributed by atoms with Crippen LogP contribution in [0.3, 0.4) is 0 Å². The van der Waals surface area contributed by atoms with Gasteiger partial charge in [-0.2, -0.15) is 0 Å². The average Bonchev–Trinajstić information content (AvgIpc) is 3.13. The number of hydrogen-bond acceptors (Lipinski definition) is 5. The van der Waals surface area contributed by atoms with Crippen molar-refractivity contribution in [2.24, 2.45) is 0 Å². The van der Waals surface area contributed by atoms with Crippen LogP contribution >= 0.6 is 0 Å². The summed E-state index contributed by atoms with van der Waals surface area (Å²) in [5.41, 5.74) is 2.33. The van der Waals surface area contributed by atoms with Crippen LogP contribution in [0.4, 0.5) is 11.5 Å². The van der Waals surface area contributed by atoms with Crippen molar-refractivity contribution in [2.75, 3.05) is 49.1 Å². The molecule has 2 aliphatic rings. The number of carboxylic acid groups (broad SMARTS) is 1. The quantitative estimate of drug-likeness (QED) is 0.884. The number of benzene rings is 1. The number of carbonyl (C=O) groups excluding carboxylic acids is 1. The highest BCUT2D eigenvalue weighted by Gasteiger charge is 2.27. The van der Waals surface area contributed by atoms with Crippen molar-refractivity contribution < 1.29 is 14.7 Å². The third-order valence-electron chi connectivity index (χ3n) is 5.20. The molecule has 1 aromatic carbocycles. The van der Waals surface area contributed by atoms with E-state index in [1.54, 1.807) is 6.07 Å². The van der Waals surface area contributed by atoms with Crippen LogP contribution in [0.1, 0.15) is 16.1 Å². The minimum absolute atomic E-state index is 0.0535. The van der Waals surface area contributed by atoms with E-state index in [-0.39, 0.29) is 11.6 Å². The van der Waals surface area contributed by atoms with Crippen molar-refractivity contribution >= 4 is 23.4 Å². The molecule has 1 fully saturated rings. The third-order valence-corrected chi connectivity index (χ3v) is 5.20. The zero-order valence-electron chi connectivity index (χ0n) is 15.0. The van der Waals surface area contributed by atoms with Gasteiger partial charge in [-0.15, -0.1) is 0 Å². The summed E-state index contributed by atoms with van der Waals surface area (Å²) in [4.78, 5) is 34.1. The van der Waals surface area contributed by atoms with Crippen molar-refractivity contribution in [3.63, 3.8) is 0 Å². The summed E-state index contributed by atoms with van der Waals surface area (Å²) in [5, 5.41) is 9.09. The molecular weight excluding hydrogens is 344 g/mol. The SMILES string of the molecule is O=C(O)c1cccc(N2CCN(CC(=O)N3CCc4ccccc43)CC2)n1. The van der Waals surface area contributed by atoms with E-state index in [0.29, 0.717) is 12.4 Å². The van der Waals surface area contributed by atoms with Crippen molar-refractivity contribution in [3.05, 3.63) is 53.7 Å². The molecule has 0 spiro atoms. The number of carboxylic acids is 1. The highest BCUT2D eigenvalue weighted by atomic mass is 16.4. The molecule has 3 heterocycles. The summed E-state index contributed by atoms with van der Waals surface area (Å²) >= 11 is 0. The van der Waals surface area contributed by atoms with Crippen LogP contribution in [0.5, 0.6) is 0 Å². The molecule has 2 aromatic rings. The molecule has 4 rings (SSSR count). The monoisotopic (exact) mass is 366 g/mol. The van der Waals surface area contributed by atoms with E-state index in [4.69, 9.17) is 5.11 Å². The summed E-state index contributed by atoms with van der Waals surface area (Å²) < 4.78 is 0. The molecule has 0 radical (unpaired) electrons. The number of piperazine rings is 1. The average molecular weight is 366 g/mol. The van der Waals surface area contributed by atoms with Crippen molar-refractivity contribution in [1.29, 1.82) is 0 Å². The van der Waals surface area contributed by atoms with E-state index in [1.807, 2.05) is 29.2 Å². The first-order chi connectivity index (χ1) is 13.1. The second-order valence-electron chi connectivity index (χ2n) is 6.87. The first-order valence-electron chi connectivity index (χ1n) is 9.18. The molecule has 7 heteroatoms. The van der Waals surface area contributed by atoms with Crippen LogP contribution in [-0.4, -0.2) is 66.1 Å². The van der Waals surface area contributed by atoms with E-state index in [9.17, 15) is 9.59 Å². The fourth-order valence-electron chi connectivity index (χ4n) is 3.73. The van der Waals surface area contributed by atoms with Crippen LogP contribution in [0.25, 0.3) is 0 Å². The van der Waals surface area contributed by atoms with Gasteiger partial charge in [-0.3, -0.25) is 9.69 Å². The zero-order chi connectivity index (χ0) is 18.8. The summed E-state index contributed by atoms with van der Waals surface area (Å²) in [6.07, 6.45) is 0.918. The maximum absolute atomic E-state index is 12.7. The molecule has 1 N–H and O–H groups in total. The smallest absolute Gasteiger partial charge is 0.354 e. The topological polar surface area (TPSA) is 77.0 Å². The second-order valence-corrected chi connectivity index (χ2v) is 6.87. The van der Waals surface area contributed by atoms with Gasteiger partial charge in [0.25, 0.3) is 0 Å². The summed E-state index contributed by atoms with van der Waals surface area (Å²) in [5.74, 6) is -0.208. The number of anilines is 2. The Balaban J connectivity index is 1.34. The van der Waals surface area contributed by atoms with Crippen LogP contribution in [0.2, 0.25) is 0 Å². The number of carbonyl (C=O) groups is 2. The lowest BCUT2D eigenvalue weighted by molar-refractivity contribution is -0.119. The number of amides is 1. The van der Waals surface area contributed by atoms with Gasteiger partial charge in [0.1, 0.15) is 5.82 Å². The molecule has 1 aromatic heterocycles. The fourth-order valence-corrected chi connectivity index (χ4v) is 3.73. The van der Waals surface area contributed by atoms with Gasteiger partial charge in [-0.25, -0.2) is 9.78 Å². The van der Waals surface area contributed by atoms with Gasteiger partial charge in [-0.1, -0.05) is 24.3 Å². The van der Waals surface area contributed by atoms with E-state index in [0.717, 1.165) is 44.8 Å². The van der Waals surface area contributed by atoms with Gasteiger partial charge in [0, 0.05) is 38.4 Å². The van der Waals surface area contributed by atoms with Crippen LogP contribution in [-0.2, 0) is 11.2 Å². The Labute approximate surface area is 157 Å². The number of pyridine rings is 1. The summed E-state index contributed by atoms with van der Waals surface area (Å²) in [7, 11) is 0. The normalized spacial score (nSPS) is 17.0. The Morgan fingerprint density at radius 2 is 1.74 bits per heavy atom. The third kappa shape index (κ3) is 3.64. The molecule has 1 amide bonds. The molecule has 1 saturated heterocycles. The predicted molar refractivity (Wildman–Crippen MR) is 102 cm³/mol. The summed E-state index contributed by atoms with van der Waals surface area (Å²) in [6.45, 7) is 4.11. The van der Waals surface area contributed by atoms with E-state index in [1.165, 1.54) is 11.6 Å². The van der Waals surface area contributed by atoms with Gasteiger partial charge in [0.15, 0.2) is 5.69 Å². The molecule has 0 bridgehead atoms. The second kappa shape index (κ2) is 7.36. The molecule has 27 heavy (non-hydrogen) atoms. The molecule has 0 aliphatic carbocycles. The number of rotatable bonds is 4. The molecule has 140 valence electrons. The number of para-hydroxylation sites is 1. The first-order valence-corrected chi connectivity index (χ1v) is 9.18. The standard InChI is InChI=1S/C20H22N4O3/c25-19(24-9-8-15-4-1-2-6-17(15)24)14-22-10-12-23(13-11-22)18-7-3-5-16(21-18)20(26)27/h1-7H,8-14H2,(H,26,27). The molecule has 2 aliphatic heterocycles. The van der Waals surface area contributed by atoms with Crippen LogP contribution in [0, 0.1) is 0 Å².